The molecule has 0 aliphatic carbocycles. The van der Waals surface area contributed by atoms with E-state index in [1.54, 1.807) is 17.0 Å². The first-order valence-corrected chi connectivity index (χ1v) is 10.3. The minimum Gasteiger partial charge on any atom is -0.459 e. The van der Waals surface area contributed by atoms with E-state index in [1.807, 2.05) is 50.2 Å². The molecule has 7 heteroatoms. The van der Waals surface area contributed by atoms with Crippen LogP contribution in [0.1, 0.15) is 32.8 Å². The smallest absolute Gasteiger partial charge is 0.290 e. The van der Waals surface area contributed by atoms with Gasteiger partial charge in [-0.1, -0.05) is 17.7 Å². The zero-order valence-corrected chi connectivity index (χ0v) is 17.8. The van der Waals surface area contributed by atoms with Crippen LogP contribution in [0.4, 0.5) is 0 Å². The first kappa shape index (κ1) is 19.9. The molecule has 2 aromatic carbocycles. The summed E-state index contributed by atoms with van der Waals surface area (Å²) in [4.78, 5) is 30.6. The van der Waals surface area contributed by atoms with E-state index < -0.39 is 0 Å². The van der Waals surface area contributed by atoms with Gasteiger partial charge in [0.25, 0.3) is 11.5 Å². The molecule has 0 radical (unpaired) electrons. The Kier molecular flexibility index (Phi) is 4.93. The third-order valence-corrected chi connectivity index (χ3v) is 5.56. The van der Waals surface area contributed by atoms with Crippen molar-refractivity contribution in [1.82, 2.24) is 9.88 Å². The van der Waals surface area contributed by atoms with Crippen LogP contribution in [0.3, 0.4) is 0 Å². The van der Waals surface area contributed by atoms with Crippen LogP contribution in [0.2, 0.25) is 0 Å². The molecule has 1 amide bonds. The molecule has 1 N–H and O–H groups in total. The lowest BCUT2D eigenvalue weighted by Crippen LogP contribution is -2.32. The van der Waals surface area contributed by atoms with Gasteiger partial charge in [-0.05, 0) is 66.8 Å². The maximum absolute atomic E-state index is 13.2. The number of hydrogen-bond donors (Lipinski definition) is 1. The van der Waals surface area contributed by atoms with Crippen molar-refractivity contribution in [3.8, 4) is 11.5 Å². The molecule has 0 bridgehead atoms. The van der Waals surface area contributed by atoms with Crippen molar-refractivity contribution >= 4 is 16.8 Å². The maximum Gasteiger partial charge on any atom is 0.290 e. The van der Waals surface area contributed by atoms with Gasteiger partial charge in [-0.15, -0.1) is 0 Å². The van der Waals surface area contributed by atoms with Gasteiger partial charge in [-0.3, -0.25) is 9.59 Å². The highest BCUT2D eigenvalue weighted by Crippen LogP contribution is 2.33. The first-order chi connectivity index (χ1) is 15.5. The number of aromatic nitrogens is 1. The van der Waals surface area contributed by atoms with Gasteiger partial charge in [0.1, 0.15) is 0 Å². The van der Waals surface area contributed by atoms with Gasteiger partial charge in [-0.25, -0.2) is 0 Å². The number of fused-ring (bicyclic) bond motifs is 2. The number of aromatic amines is 1. The second-order valence-corrected chi connectivity index (χ2v) is 8.00. The largest absolute Gasteiger partial charge is 0.459 e. The molecular formula is C25H22N2O5. The SMILES string of the molecule is Cc1cc(C)c2[nH]c(=O)c(CN(Cc3ccc4c(c3)OCO4)C(=O)c3ccco3)cc2c1. The van der Waals surface area contributed by atoms with Crippen LogP contribution in [0, 0.1) is 13.8 Å². The van der Waals surface area contributed by atoms with E-state index in [-0.39, 0.29) is 37.1 Å². The number of rotatable bonds is 5. The molecule has 0 fully saturated rings. The van der Waals surface area contributed by atoms with E-state index in [2.05, 4.69) is 4.98 Å². The lowest BCUT2D eigenvalue weighted by Gasteiger charge is -2.22. The molecule has 0 spiro atoms. The van der Waals surface area contributed by atoms with Crippen molar-refractivity contribution in [3.05, 3.63) is 93.2 Å². The number of nitrogens with one attached hydrogen (secondary N) is 1. The summed E-state index contributed by atoms with van der Waals surface area (Å²) in [5, 5.41) is 0.936. The molecule has 5 rings (SSSR count). The summed E-state index contributed by atoms with van der Waals surface area (Å²) in [7, 11) is 0. The highest BCUT2D eigenvalue weighted by molar-refractivity contribution is 5.91. The van der Waals surface area contributed by atoms with Gasteiger partial charge in [0.2, 0.25) is 6.79 Å². The van der Waals surface area contributed by atoms with Gasteiger partial charge in [0.05, 0.1) is 18.3 Å². The molecule has 3 heterocycles. The third-order valence-electron chi connectivity index (χ3n) is 5.56. The molecule has 0 atom stereocenters. The van der Waals surface area contributed by atoms with Crippen molar-refractivity contribution in [2.75, 3.05) is 6.79 Å². The Morgan fingerprint density at radius 1 is 1.03 bits per heavy atom. The van der Waals surface area contributed by atoms with Crippen LogP contribution in [-0.2, 0) is 13.1 Å². The fourth-order valence-corrected chi connectivity index (χ4v) is 4.07. The molecule has 0 saturated carbocycles. The summed E-state index contributed by atoms with van der Waals surface area (Å²) < 4.78 is 16.2. The summed E-state index contributed by atoms with van der Waals surface area (Å²) in [5.41, 5.74) is 4.07. The summed E-state index contributed by atoms with van der Waals surface area (Å²) in [6.45, 7) is 4.58. The minimum absolute atomic E-state index is 0.131. The second-order valence-electron chi connectivity index (χ2n) is 8.00. The Labute approximate surface area is 184 Å². The lowest BCUT2D eigenvalue weighted by atomic mass is 10.0. The van der Waals surface area contributed by atoms with Crippen molar-refractivity contribution in [2.24, 2.45) is 0 Å². The van der Waals surface area contributed by atoms with Gasteiger partial charge in [0, 0.05) is 12.1 Å². The number of benzene rings is 2. The van der Waals surface area contributed by atoms with Gasteiger partial charge >= 0.3 is 0 Å². The second kappa shape index (κ2) is 7.92. The predicted octanol–water partition coefficient (Wildman–Crippen LogP) is 4.31. The van der Waals surface area contributed by atoms with E-state index >= 15 is 0 Å². The van der Waals surface area contributed by atoms with Gasteiger partial charge in [-0.2, -0.15) is 0 Å². The molecule has 2 aromatic heterocycles. The summed E-state index contributed by atoms with van der Waals surface area (Å²) >= 11 is 0. The average molecular weight is 430 g/mol. The highest BCUT2D eigenvalue weighted by atomic mass is 16.7. The topological polar surface area (TPSA) is 84.8 Å². The van der Waals surface area contributed by atoms with E-state index in [9.17, 15) is 9.59 Å². The zero-order valence-electron chi connectivity index (χ0n) is 17.8. The number of furan rings is 1. The summed E-state index contributed by atoms with van der Waals surface area (Å²) in [5.74, 6) is 1.24. The standard InChI is InChI=1S/C25H22N2O5/c1-15-8-16(2)23-18(9-15)11-19(24(28)26-23)13-27(25(29)21-4-3-7-30-21)12-17-5-6-20-22(10-17)32-14-31-20/h3-11H,12-14H2,1-2H3,(H,26,28). The van der Waals surface area contributed by atoms with E-state index in [0.29, 0.717) is 17.1 Å². The molecule has 1 aliphatic heterocycles. The Morgan fingerprint density at radius 2 is 1.88 bits per heavy atom. The molecule has 0 unspecified atom stereocenters. The number of nitrogens with zero attached hydrogens (tertiary/aromatic N) is 1. The quantitative estimate of drug-likeness (QED) is 0.510. The van der Waals surface area contributed by atoms with Crippen LogP contribution in [0.15, 0.2) is 64.0 Å². The summed E-state index contributed by atoms with van der Waals surface area (Å²) in [6.07, 6.45) is 1.46. The molecule has 1 aliphatic rings. The maximum atomic E-state index is 13.2. The zero-order chi connectivity index (χ0) is 22.2. The van der Waals surface area contributed by atoms with E-state index in [1.165, 1.54) is 6.26 Å². The number of carbonyl (C=O) groups is 1. The Morgan fingerprint density at radius 3 is 2.69 bits per heavy atom. The first-order valence-electron chi connectivity index (χ1n) is 10.3. The highest BCUT2D eigenvalue weighted by Gasteiger charge is 2.22. The molecule has 162 valence electrons. The van der Waals surface area contributed by atoms with Crippen LogP contribution in [0.25, 0.3) is 10.9 Å². The number of H-pyrrole nitrogens is 1. The van der Waals surface area contributed by atoms with Crippen LogP contribution < -0.4 is 15.0 Å². The van der Waals surface area contributed by atoms with Crippen LogP contribution >= 0.6 is 0 Å². The number of aryl methyl sites for hydroxylation is 2. The average Bonchev–Trinajstić information content (AvgIpc) is 3.45. The fourth-order valence-electron chi connectivity index (χ4n) is 4.07. The lowest BCUT2D eigenvalue weighted by molar-refractivity contribution is 0.0697. The molecule has 32 heavy (non-hydrogen) atoms. The van der Waals surface area contributed by atoms with Crippen LogP contribution in [-0.4, -0.2) is 22.6 Å². The number of carbonyl (C=O) groups excluding carboxylic acids is 1. The Balaban J connectivity index is 1.51. The third kappa shape index (κ3) is 3.73. The number of amides is 1. The van der Waals surface area contributed by atoms with Crippen LogP contribution in [0.5, 0.6) is 11.5 Å². The number of hydrogen-bond acceptors (Lipinski definition) is 5. The molecule has 4 aromatic rings. The van der Waals surface area contributed by atoms with E-state index in [0.717, 1.165) is 27.6 Å². The monoisotopic (exact) mass is 430 g/mol. The number of pyridine rings is 1. The Hall–Kier alpha value is -4.00. The molecule has 7 nitrogen and oxygen atoms in total. The van der Waals surface area contributed by atoms with Crippen molar-refractivity contribution in [1.29, 1.82) is 0 Å². The van der Waals surface area contributed by atoms with Crippen molar-refractivity contribution in [3.63, 3.8) is 0 Å². The predicted molar refractivity (Wildman–Crippen MR) is 119 cm³/mol. The van der Waals surface area contributed by atoms with Gasteiger partial charge in [0.15, 0.2) is 17.3 Å². The minimum atomic E-state index is -0.299. The molecule has 0 saturated heterocycles. The number of ether oxygens (including phenoxy) is 2. The molecular weight excluding hydrogens is 408 g/mol. The van der Waals surface area contributed by atoms with Gasteiger partial charge < -0.3 is 23.8 Å². The van der Waals surface area contributed by atoms with Crippen molar-refractivity contribution in [2.45, 2.75) is 26.9 Å². The summed E-state index contributed by atoms with van der Waals surface area (Å²) in [6, 6.07) is 14.8. The normalized spacial score (nSPS) is 12.3. The van der Waals surface area contributed by atoms with E-state index in [4.69, 9.17) is 13.9 Å². The van der Waals surface area contributed by atoms with Crippen molar-refractivity contribution < 1.29 is 18.7 Å². The fraction of sp³-hybridized carbons (Fsp3) is 0.200. The Bertz CT molecular complexity index is 1370.